The number of thioether (sulfide) groups is 1. The van der Waals surface area contributed by atoms with Crippen molar-refractivity contribution in [2.24, 2.45) is 0 Å². The summed E-state index contributed by atoms with van der Waals surface area (Å²) in [6.07, 6.45) is 5.93. The van der Waals surface area contributed by atoms with Crippen LogP contribution in [-0.2, 0) is 6.54 Å². The maximum Gasteiger partial charge on any atom is 0.0515 e. The summed E-state index contributed by atoms with van der Waals surface area (Å²) in [5.41, 5.74) is 10.5. The van der Waals surface area contributed by atoms with Crippen molar-refractivity contribution >= 4 is 28.4 Å². The zero-order valence-electron chi connectivity index (χ0n) is 12.3. The third-order valence-electron chi connectivity index (χ3n) is 3.46. The Labute approximate surface area is 129 Å². The van der Waals surface area contributed by atoms with E-state index in [0.717, 1.165) is 18.0 Å². The second-order valence-corrected chi connectivity index (χ2v) is 6.50. The van der Waals surface area contributed by atoms with E-state index in [1.54, 1.807) is 0 Å². The number of aryl methyl sites for hydroxylation is 1. The van der Waals surface area contributed by atoms with E-state index in [1.165, 1.54) is 26.9 Å². The minimum absolute atomic E-state index is 0.817. The normalized spacial score (nSPS) is 11.1. The van der Waals surface area contributed by atoms with Gasteiger partial charge >= 0.3 is 0 Å². The molecule has 0 radical (unpaired) electrons. The van der Waals surface area contributed by atoms with Gasteiger partial charge in [0, 0.05) is 41.1 Å². The van der Waals surface area contributed by atoms with Gasteiger partial charge in [0.1, 0.15) is 0 Å². The van der Waals surface area contributed by atoms with Crippen LogP contribution < -0.4 is 5.73 Å². The molecule has 2 aromatic heterocycles. The van der Waals surface area contributed by atoms with Gasteiger partial charge in [-0.1, -0.05) is 13.0 Å². The van der Waals surface area contributed by atoms with Crippen molar-refractivity contribution in [1.29, 1.82) is 0 Å². The zero-order chi connectivity index (χ0) is 14.8. The summed E-state index contributed by atoms with van der Waals surface area (Å²) in [5, 5.41) is 1.27. The van der Waals surface area contributed by atoms with E-state index in [2.05, 4.69) is 53.9 Å². The predicted octanol–water partition coefficient (Wildman–Crippen LogP) is 4.09. The second kappa shape index (κ2) is 5.82. The fourth-order valence-corrected chi connectivity index (χ4v) is 3.45. The first kappa shape index (κ1) is 14.0. The van der Waals surface area contributed by atoms with Gasteiger partial charge in [0.05, 0.1) is 5.52 Å². The number of hydrogen-bond donors (Lipinski definition) is 1. The first-order chi connectivity index (χ1) is 10.2. The van der Waals surface area contributed by atoms with E-state index in [9.17, 15) is 0 Å². The third-order valence-corrected chi connectivity index (χ3v) is 4.39. The lowest BCUT2D eigenvalue weighted by molar-refractivity contribution is 0.830. The van der Waals surface area contributed by atoms with E-state index in [4.69, 9.17) is 5.73 Å². The molecule has 0 aliphatic carbocycles. The highest BCUT2D eigenvalue weighted by molar-refractivity contribution is 7.99. The molecule has 3 aromatic rings. The largest absolute Gasteiger partial charge is 0.399 e. The van der Waals surface area contributed by atoms with Crippen molar-refractivity contribution in [2.75, 3.05) is 11.5 Å². The van der Waals surface area contributed by atoms with Crippen LogP contribution in [-0.4, -0.2) is 15.3 Å². The number of hydrogen-bond acceptors (Lipinski definition) is 3. The zero-order valence-corrected chi connectivity index (χ0v) is 13.2. The minimum Gasteiger partial charge on any atom is -0.399 e. The third kappa shape index (κ3) is 2.90. The van der Waals surface area contributed by atoms with Crippen LogP contribution in [0, 0.1) is 6.92 Å². The van der Waals surface area contributed by atoms with Gasteiger partial charge in [-0.3, -0.25) is 4.98 Å². The van der Waals surface area contributed by atoms with Gasteiger partial charge in [0.2, 0.25) is 0 Å². The highest BCUT2D eigenvalue weighted by atomic mass is 32.2. The van der Waals surface area contributed by atoms with Crippen LogP contribution in [0.15, 0.2) is 47.8 Å². The van der Waals surface area contributed by atoms with Crippen molar-refractivity contribution in [1.82, 2.24) is 9.55 Å². The van der Waals surface area contributed by atoms with Gasteiger partial charge in [0.25, 0.3) is 0 Å². The van der Waals surface area contributed by atoms with Gasteiger partial charge in [-0.2, -0.15) is 0 Å². The van der Waals surface area contributed by atoms with Crippen LogP contribution in [0.3, 0.4) is 0 Å². The number of rotatable bonds is 4. The smallest absolute Gasteiger partial charge is 0.0515 e. The van der Waals surface area contributed by atoms with Crippen molar-refractivity contribution < 1.29 is 0 Å². The number of nitrogens with zero attached hydrogens (tertiary/aromatic N) is 2. The van der Waals surface area contributed by atoms with Crippen LogP contribution in [0.25, 0.3) is 10.9 Å². The van der Waals surface area contributed by atoms with Crippen molar-refractivity contribution in [3.63, 3.8) is 0 Å². The van der Waals surface area contributed by atoms with E-state index in [0.29, 0.717) is 0 Å². The fraction of sp³-hybridized carbons (Fsp3) is 0.235. The standard InChI is InChI=1S/C17H19N3S/c1-3-21-17-8-14(18)7-16-15(17)4-5-20(16)11-13-6-12(2)9-19-10-13/h4-10H,3,11,18H2,1-2H3. The topological polar surface area (TPSA) is 43.8 Å². The second-order valence-electron chi connectivity index (χ2n) is 5.20. The van der Waals surface area contributed by atoms with Crippen molar-refractivity contribution in [3.8, 4) is 0 Å². The van der Waals surface area contributed by atoms with Gasteiger partial charge in [-0.25, -0.2) is 0 Å². The lowest BCUT2D eigenvalue weighted by Crippen LogP contribution is -1.99. The molecule has 0 bridgehead atoms. The lowest BCUT2D eigenvalue weighted by atomic mass is 10.2. The Hall–Kier alpha value is -1.94. The summed E-state index contributed by atoms with van der Waals surface area (Å²) in [7, 11) is 0. The number of benzene rings is 1. The molecule has 0 saturated carbocycles. The molecule has 0 spiro atoms. The molecule has 108 valence electrons. The molecule has 0 saturated heterocycles. The Kier molecular flexibility index (Phi) is 3.88. The van der Waals surface area contributed by atoms with Crippen LogP contribution in [0.1, 0.15) is 18.1 Å². The molecule has 3 nitrogen and oxygen atoms in total. The molecule has 4 heteroatoms. The van der Waals surface area contributed by atoms with E-state index in [-0.39, 0.29) is 0 Å². The minimum atomic E-state index is 0.817. The Morgan fingerprint density at radius 3 is 2.86 bits per heavy atom. The molecule has 0 fully saturated rings. The number of nitrogens with two attached hydrogens (primary N) is 1. The Bertz CT molecular complexity index is 777. The molecule has 21 heavy (non-hydrogen) atoms. The van der Waals surface area contributed by atoms with Gasteiger partial charge in [-0.05, 0) is 42.0 Å². The fourth-order valence-electron chi connectivity index (χ4n) is 2.60. The van der Waals surface area contributed by atoms with Crippen LogP contribution in [0.2, 0.25) is 0 Å². The van der Waals surface area contributed by atoms with Gasteiger partial charge in [-0.15, -0.1) is 11.8 Å². The molecule has 2 N–H and O–H groups in total. The van der Waals surface area contributed by atoms with E-state index < -0.39 is 0 Å². The van der Waals surface area contributed by atoms with E-state index >= 15 is 0 Å². The first-order valence-electron chi connectivity index (χ1n) is 7.09. The maximum atomic E-state index is 6.06. The van der Waals surface area contributed by atoms with Crippen molar-refractivity contribution in [2.45, 2.75) is 25.3 Å². The molecule has 0 amide bonds. The molecule has 0 atom stereocenters. The summed E-state index contributed by atoms with van der Waals surface area (Å²) in [4.78, 5) is 5.53. The maximum absolute atomic E-state index is 6.06. The first-order valence-corrected chi connectivity index (χ1v) is 8.07. The Balaban J connectivity index is 2.03. The average molecular weight is 297 g/mol. The molecule has 2 heterocycles. The highest BCUT2D eigenvalue weighted by Gasteiger charge is 2.08. The summed E-state index contributed by atoms with van der Waals surface area (Å²) < 4.78 is 2.24. The van der Waals surface area contributed by atoms with Crippen LogP contribution in [0.5, 0.6) is 0 Å². The predicted molar refractivity (Wildman–Crippen MR) is 90.8 cm³/mol. The molecular formula is C17H19N3S. The summed E-state index contributed by atoms with van der Waals surface area (Å²) >= 11 is 1.84. The van der Waals surface area contributed by atoms with Gasteiger partial charge < -0.3 is 10.3 Å². The summed E-state index contributed by atoms with van der Waals surface area (Å²) in [6.45, 7) is 5.05. The molecule has 0 aliphatic rings. The molecule has 0 aliphatic heterocycles. The monoisotopic (exact) mass is 297 g/mol. The van der Waals surface area contributed by atoms with Crippen LogP contribution in [0.4, 0.5) is 5.69 Å². The number of fused-ring (bicyclic) bond motifs is 1. The van der Waals surface area contributed by atoms with Gasteiger partial charge in [0.15, 0.2) is 0 Å². The highest BCUT2D eigenvalue weighted by Crippen LogP contribution is 2.31. The lowest BCUT2D eigenvalue weighted by Gasteiger charge is -2.09. The van der Waals surface area contributed by atoms with Crippen LogP contribution >= 0.6 is 11.8 Å². The quantitative estimate of drug-likeness (QED) is 0.583. The molecule has 0 unspecified atom stereocenters. The summed E-state index contributed by atoms with van der Waals surface area (Å²) in [6, 6.07) is 8.47. The van der Waals surface area contributed by atoms with Crippen molar-refractivity contribution in [3.05, 3.63) is 54.0 Å². The molecule has 3 rings (SSSR count). The van der Waals surface area contributed by atoms with E-state index in [1.807, 2.05) is 24.2 Å². The number of aromatic nitrogens is 2. The summed E-state index contributed by atoms with van der Waals surface area (Å²) in [5.74, 6) is 1.05. The number of anilines is 1. The number of pyridine rings is 1. The molecular weight excluding hydrogens is 278 g/mol. The number of nitrogen functional groups attached to an aromatic ring is 1. The average Bonchev–Trinajstić information content (AvgIpc) is 2.82. The Morgan fingerprint density at radius 2 is 2.10 bits per heavy atom. The Morgan fingerprint density at radius 1 is 1.24 bits per heavy atom. The molecule has 1 aromatic carbocycles. The SMILES string of the molecule is CCSc1cc(N)cc2c1ccn2Cc1cncc(C)c1.